The van der Waals surface area contributed by atoms with Gasteiger partial charge in [-0.2, -0.15) is 5.26 Å². The molecule has 0 N–H and O–H groups in total. The highest BCUT2D eigenvalue weighted by Crippen LogP contribution is 2.11. The predicted molar refractivity (Wildman–Crippen MR) is 69.1 cm³/mol. The minimum atomic E-state index is 0.665. The summed E-state index contributed by atoms with van der Waals surface area (Å²) in [6.45, 7) is 8.17. The summed E-state index contributed by atoms with van der Waals surface area (Å²) in [4.78, 5) is 2.36. The Hall–Kier alpha value is -1.53. The lowest BCUT2D eigenvalue weighted by molar-refractivity contribution is 0.216. The highest BCUT2D eigenvalue weighted by molar-refractivity contribution is 5.34. The van der Waals surface area contributed by atoms with E-state index in [1.165, 1.54) is 6.42 Å². The summed E-state index contributed by atoms with van der Waals surface area (Å²) in [5.74, 6) is 0.830. The zero-order valence-electron chi connectivity index (χ0n) is 10.6. The lowest BCUT2D eigenvalue weighted by Gasteiger charge is -2.19. The Bertz CT molecular complexity index is 353. The Balaban J connectivity index is 2.32. The van der Waals surface area contributed by atoms with Gasteiger partial charge in [0, 0.05) is 6.54 Å². The van der Waals surface area contributed by atoms with E-state index < -0.39 is 0 Å². The van der Waals surface area contributed by atoms with Crippen molar-refractivity contribution in [2.75, 3.05) is 26.2 Å². The fraction of sp³-hybridized carbons (Fsp3) is 0.500. The first-order chi connectivity index (χ1) is 8.30. The van der Waals surface area contributed by atoms with Crippen molar-refractivity contribution in [2.45, 2.75) is 20.3 Å². The summed E-state index contributed by atoms with van der Waals surface area (Å²) in [6, 6.07) is 9.33. The van der Waals surface area contributed by atoms with E-state index in [2.05, 4.69) is 24.8 Å². The number of hydrogen-bond acceptors (Lipinski definition) is 3. The first kappa shape index (κ1) is 13.5. The normalized spacial score (nSPS) is 10.2. The van der Waals surface area contributed by atoms with Gasteiger partial charge in [-0.15, -0.1) is 0 Å². The van der Waals surface area contributed by atoms with Crippen molar-refractivity contribution in [3.05, 3.63) is 29.8 Å². The smallest absolute Gasteiger partial charge is 0.119 e. The molecule has 0 spiro atoms. The highest BCUT2D eigenvalue weighted by Gasteiger charge is 2.01. The quantitative estimate of drug-likeness (QED) is 0.725. The molecule has 0 aliphatic carbocycles. The Kier molecular flexibility index (Phi) is 6.13. The zero-order chi connectivity index (χ0) is 12.5. The maximum absolute atomic E-state index is 8.67. The molecule has 0 amide bonds. The van der Waals surface area contributed by atoms with Gasteiger partial charge in [0.15, 0.2) is 0 Å². The van der Waals surface area contributed by atoms with Gasteiger partial charge in [-0.3, -0.25) is 0 Å². The minimum Gasteiger partial charge on any atom is -0.492 e. The molecule has 0 saturated carbocycles. The van der Waals surface area contributed by atoms with Gasteiger partial charge in [-0.05, 0) is 43.8 Å². The fourth-order valence-electron chi connectivity index (χ4n) is 1.66. The van der Waals surface area contributed by atoms with Crippen molar-refractivity contribution in [1.82, 2.24) is 4.90 Å². The third-order valence-electron chi connectivity index (χ3n) is 2.65. The van der Waals surface area contributed by atoms with Crippen LogP contribution in [0.5, 0.6) is 5.75 Å². The van der Waals surface area contributed by atoms with Gasteiger partial charge in [-0.1, -0.05) is 13.8 Å². The number of nitriles is 1. The van der Waals surface area contributed by atoms with E-state index in [4.69, 9.17) is 10.00 Å². The SMILES string of the molecule is CCCN(CC)CCOc1ccc(C#N)cc1. The second-order valence-corrected chi connectivity index (χ2v) is 3.92. The van der Waals surface area contributed by atoms with Crippen LogP contribution in [0.3, 0.4) is 0 Å². The molecule has 0 bridgehead atoms. The average molecular weight is 232 g/mol. The van der Waals surface area contributed by atoms with Crippen molar-refractivity contribution < 1.29 is 4.74 Å². The van der Waals surface area contributed by atoms with Crippen molar-refractivity contribution >= 4 is 0 Å². The third kappa shape index (κ3) is 4.88. The van der Waals surface area contributed by atoms with Gasteiger partial charge in [0.25, 0.3) is 0 Å². The first-order valence-electron chi connectivity index (χ1n) is 6.15. The number of benzene rings is 1. The molecule has 92 valence electrons. The van der Waals surface area contributed by atoms with Crippen LogP contribution in [0.25, 0.3) is 0 Å². The maximum Gasteiger partial charge on any atom is 0.119 e. The fourth-order valence-corrected chi connectivity index (χ4v) is 1.66. The lowest BCUT2D eigenvalue weighted by Crippen LogP contribution is -2.28. The molecule has 3 heteroatoms. The van der Waals surface area contributed by atoms with E-state index in [1.54, 1.807) is 12.1 Å². The lowest BCUT2D eigenvalue weighted by atomic mass is 10.2. The molecule has 0 aliphatic rings. The second kappa shape index (κ2) is 7.70. The van der Waals surface area contributed by atoms with Crippen LogP contribution in [0.2, 0.25) is 0 Å². The standard InChI is InChI=1S/C14H20N2O/c1-3-9-16(4-2)10-11-17-14-7-5-13(12-15)6-8-14/h5-8H,3-4,9-11H2,1-2H3. The van der Waals surface area contributed by atoms with E-state index in [0.29, 0.717) is 12.2 Å². The number of nitrogens with zero attached hydrogens (tertiary/aromatic N) is 2. The highest BCUT2D eigenvalue weighted by atomic mass is 16.5. The Morgan fingerprint density at radius 1 is 1.18 bits per heavy atom. The zero-order valence-corrected chi connectivity index (χ0v) is 10.6. The van der Waals surface area contributed by atoms with Gasteiger partial charge in [0.2, 0.25) is 0 Å². The number of ether oxygens (including phenoxy) is 1. The summed E-state index contributed by atoms with van der Waals surface area (Å²) in [5, 5.41) is 8.67. The van der Waals surface area contributed by atoms with Crippen LogP contribution >= 0.6 is 0 Å². The molecule has 3 nitrogen and oxygen atoms in total. The molecule has 0 heterocycles. The predicted octanol–water partition coefficient (Wildman–Crippen LogP) is 2.67. The molecule has 0 radical (unpaired) electrons. The van der Waals surface area contributed by atoms with E-state index in [9.17, 15) is 0 Å². The molecule has 1 rings (SSSR count). The van der Waals surface area contributed by atoms with E-state index in [0.717, 1.165) is 25.4 Å². The molecule has 17 heavy (non-hydrogen) atoms. The Morgan fingerprint density at radius 3 is 2.41 bits per heavy atom. The maximum atomic E-state index is 8.67. The van der Waals surface area contributed by atoms with Crippen LogP contribution in [0, 0.1) is 11.3 Å². The largest absolute Gasteiger partial charge is 0.492 e. The molecular weight excluding hydrogens is 212 g/mol. The van der Waals surface area contributed by atoms with Gasteiger partial charge in [0.1, 0.15) is 12.4 Å². The molecule has 0 aromatic heterocycles. The topological polar surface area (TPSA) is 36.3 Å². The first-order valence-corrected chi connectivity index (χ1v) is 6.15. The molecule has 0 atom stereocenters. The minimum absolute atomic E-state index is 0.665. The van der Waals surface area contributed by atoms with E-state index in [-0.39, 0.29) is 0 Å². The van der Waals surface area contributed by atoms with Crippen LogP contribution < -0.4 is 4.74 Å². The Morgan fingerprint density at radius 2 is 1.88 bits per heavy atom. The number of hydrogen-bond donors (Lipinski definition) is 0. The van der Waals surface area contributed by atoms with Gasteiger partial charge >= 0.3 is 0 Å². The van der Waals surface area contributed by atoms with Gasteiger partial charge in [0.05, 0.1) is 11.6 Å². The van der Waals surface area contributed by atoms with Crippen molar-refractivity contribution in [3.63, 3.8) is 0 Å². The van der Waals surface area contributed by atoms with Crippen molar-refractivity contribution in [1.29, 1.82) is 5.26 Å². The average Bonchev–Trinajstić information content (AvgIpc) is 2.38. The molecule has 1 aromatic rings. The third-order valence-corrected chi connectivity index (χ3v) is 2.65. The molecule has 0 fully saturated rings. The van der Waals surface area contributed by atoms with Crippen molar-refractivity contribution in [3.8, 4) is 11.8 Å². The summed E-state index contributed by atoms with van der Waals surface area (Å²) in [6.07, 6.45) is 1.17. The van der Waals surface area contributed by atoms with Crippen LogP contribution in [0.4, 0.5) is 0 Å². The molecule has 0 unspecified atom stereocenters. The molecule has 0 aliphatic heterocycles. The van der Waals surface area contributed by atoms with E-state index >= 15 is 0 Å². The van der Waals surface area contributed by atoms with Crippen LogP contribution in [-0.2, 0) is 0 Å². The molecule has 1 aromatic carbocycles. The van der Waals surface area contributed by atoms with Gasteiger partial charge in [-0.25, -0.2) is 0 Å². The summed E-state index contributed by atoms with van der Waals surface area (Å²) < 4.78 is 5.63. The van der Waals surface area contributed by atoms with Crippen LogP contribution in [0.1, 0.15) is 25.8 Å². The molecular formula is C14H20N2O. The van der Waals surface area contributed by atoms with Gasteiger partial charge < -0.3 is 9.64 Å². The number of likely N-dealkylation sites (N-methyl/N-ethyl adjacent to an activating group) is 1. The monoisotopic (exact) mass is 232 g/mol. The summed E-state index contributed by atoms with van der Waals surface area (Å²) in [5.41, 5.74) is 0.665. The Labute approximate surface area is 104 Å². The summed E-state index contributed by atoms with van der Waals surface area (Å²) >= 11 is 0. The van der Waals surface area contributed by atoms with E-state index in [1.807, 2.05) is 12.1 Å². The number of rotatable bonds is 7. The molecule has 0 saturated heterocycles. The van der Waals surface area contributed by atoms with Crippen molar-refractivity contribution in [2.24, 2.45) is 0 Å². The van der Waals surface area contributed by atoms with Crippen LogP contribution in [-0.4, -0.2) is 31.1 Å². The van der Waals surface area contributed by atoms with Crippen LogP contribution in [0.15, 0.2) is 24.3 Å². The summed E-state index contributed by atoms with van der Waals surface area (Å²) in [7, 11) is 0. The second-order valence-electron chi connectivity index (χ2n) is 3.92.